The Bertz CT molecular complexity index is 372. The molecular formula is C15H22O3. The second kappa shape index (κ2) is 8.01. The van der Waals surface area contributed by atoms with Crippen LogP contribution in [0.15, 0.2) is 24.3 Å². The quantitative estimate of drug-likeness (QED) is 0.525. The van der Waals surface area contributed by atoms with Crippen LogP contribution in [-0.4, -0.2) is 32.7 Å². The molecule has 1 rings (SSSR count). The van der Waals surface area contributed by atoms with E-state index in [2.05, 4.69) is 19.9 Å². The highest BCUT2D eigenvalue weighted by Crippen LogP contribution is 2.11. The van der Waals surface area contributed by atoms with Crippen LogP contribution in [-0.2, 0) is 15.9 Å². The smallest absolute Gasteiger partial charge is 0.188 e. The fourth-order valence-corrected chi connectivity index (χ4v) is 1.73. The molecule has 18 heavy (non-hydrogen) atoms. The number of methoxy groups -OCH3 is 1. The van der Waals surface area contributed by atoms with Crippen LogP contribution < -0.4 is 0 Å². The third-order valence-corrected chi connectivity index (χ3v) is 2.56. The summed E-state index contributed by atoms with van der Waals surface area (Å²) in [6, 6.07) is 7.79. The lowest BCUT2D eigenvalue weighted by atomic mass is 10.00. The Kier molecular flexibility index (Phi) is 6.61. The molecule has 100 valence electrons. The van der Waals surface area contributed by atoms with Crippen LogP contribution in [0.5, 0.6) is 0 Å². The van der Waals surface area contributed by atoms with Gasteiger partial charge in [-0.25, -0.2) is 0 Å². The summed E-state index contributed by atoms with van der Waals surface area (Å²) in [6.07, 6.45) is 0.992. The molecule has 0 amide bonds. The number of benzene rings is 1. The van der Waals surface area contributed by atoms with Gasteiger partial charge >= 0.3 is 0 Å². The fourth-order valence-electron chi connectivity index (χ4n) is 1.73. The predicted molar refractivity (Wildman–Crippen MR) is 72.0 cm³/mol. The average Bonchev–Trinajstić information content (AvgIpc) is 2.34. The van der Waals surface area contributed by atoms with E-state index in [0.717, 1.165) is 12.0 Å². The molecule has 0 radical (unpaired) electrons. The minimum absolute atomic E-state index is 0.0247. The van der Waals surface area contributed by atoms with Crippen molar-refractivity contribution in [2.24, 2.45) is 5.92 Å². The van der Waals surface area contributed by atoms with Crippen LogP contribution >= 0.6 is 0 Å². The summed E-state index contributed by atoms with van der Waals surface area (Å²) in [6.45, 7) is 5.42. The number of ether oxygens (including phenoxy) is 2. The van der Waals surface area contributed by atoms with Gasteiger partial charge in [-0.2, -0.15) is 0 Å². The van der Waals surface area contributed by atoms with Crippen LogP contribution in [0.1, 0.15) is 29.8 Å². The van der Waals surface area contributed by atoms with E-state index in [1.165, 1.54) is 5.56 Å². The van der Waals surface area contributed by atoms with Gasteiger partial charge in [-0.1, -0.05) is 32.0 Å². The number of hydrogen-bond acceptors (Lipinski definition) is 3. The Morgan fingerprint density at radius 2 is 2.06 bits per heavy atom. The van der Waals surface area contributed by atoms with Crippen molar-refractivity contribution in [2.45, 2.75) is 20.3 Å². The number of carbonyl (C=O) groups is 1. The monoisotopic (exact) mass is 250 g/mol. The lowest BCUT2D eigenvalue weighted by Gasteiger charge is -2.07. The zero-order chi connectivity index (χ0) is 13.4. The lowest BCUT2D eigenvalue weighted by Crippen LogP contribution is -2.12. The first-order valence-corrected chi connectivity index (χ1v) is 6.32. The van der Waals surface area contributed by atoms with Gasteiger partial charge in [-0.3, -0.25) is 4.79 Å². The van der Waals surface area contributed by atoms with Crippen LogP contribution in [0.2, 0.25) is 0 Å². The van der Waals surface area contributed by atoms with Crippen molar-refractivity contribution in [3.63, 3.8) is 0 Å². The SMILES string of the molecule is COCCOCC(=O)c1cccc(CC(C)C)c1. The van der Waals surface area contributed by atoms with Crippen LogP contribution in [0.4, 0.5) is 0 Å². The number of rotatable bonds is 8. The summed E-state index contributed by atoms with van der Waals surface area (Å²) in [7, 11) is 1.61. The molecule has 0 spiro atoms. The first kappa shape index (κ1) is 14.9. The molecule has 0 saturated carbocycles. The lowest BCUT2D eigenvalue weighted by molar-refractivity contribution is 0.0576. The van der Waals surface area contributed by atoms with Crippen molar-refractivity contribution in [1.29, 1.82) is 0 Å². The molecule has 0 aromatic heterocycles. The summed E-state index contributed by atoms with van der Waals surface area (Å²) in [5, 5.41) is 0. The van der Waals surface area contributed by atoms with Crippen LogP contribution in [0.3, 0.4) is 0 Å². The molecular weight excluding hydrogens is 228 g/mol. The number of ketones is 1. The molecule has 0 aliphatic rings. The van der Waals surface area contributed by atoms with Gasteiger partial charge in [0.25, 0.3) is 0 Å². The number of carbonyl (C=O) groups excluding carboxylic acids is 1. The van der Waals surface area contributed by atoms with Crippen molar-refractivity contribution in [3.8, 4) is 0 Å². The third kappa shape index (κ3) is 5.43. The maximum atomic E-state index is 11.9. The molecule has 0 aliphatic heterocycles. The topological polar surface area (TPSA) is 35.5 Å². The standard InChI is InChI=1S/C15H22O3/c1-12(2)9-13-5-4-6-14(10-13)15(16)11-18-8-7-17-3/h4-6,10,12H,7-9,11H2,1-3H3. The zero-order valence-corrected chi connectivity index (χ0v) is 11.4. The number of hydrogen-bond donors (Lipinski definition) is 0. The first-order valence-electron chi connectivity index (χ1n) is 6.32. The maximum absolute atomic E-state index is 11.9. The minimum atomic E-state index is 0.0247. The third-order valence-electron chi connectivity index (χ3n) is 2.56. The predicted octanol–water partition coefficient (Wildman–Crippen LogP) is 2.73. The summed E-state index contributed by atoms with van der Waals surface area (Å²) < 4.78 is 10.1. The molecule has 0 aliphatic carbocycles. The van der Waals surface area contributed by atoms with E-state index >= 15 is 0 Å². The van der Waals surface area contributed by atoms with E-state index in [1.807, 2.05) is 18.2 Å². The summed E-state index contributed by atoms with van der Waals surface area (Å²) >= 11 is 0. The molecule has 1 aromatic rings. The van der Waals surface area contributed by atoms with Gasteiger partial charge in [0.05, 0.1) is 13.2 Å². The van der Waals surface area contributed by atoms with Crippen molar-refractivity contribution in [3.05, 3.63) is 35.4 Å². The Labute approximate surface area is 109 Å². The maximum Gasteiger partial charge on any atom is 0.188 e. The highest BCUT2D eigenvalue weighted by molar-refractivity contribution is 5.97. The van der Waals surface area contributed by atoms with Crippen LogP contribution in [0.25, 0.3) is 0 Å². The van der Waals surface area contributed by atoms with Gasteiger partial charge in [-0.15, -0.1) is 0 Å². The second-order valence-electron chi connectivity index (χ2n) is 4.77. The van der Waals surface area contributed by atoms with Gasteiger partial charge in [0.1, 0.15) is 6.61 Å². The average molecular weight is 250 g/mol. The molecule has 0 fully saturated rings. The minimum Gasteiger partial charge on any atom is -0.382 e. The van der Waals surface area contributed by atoms with E-state index in [4.69, 9.17) is 9.47 Å². The van der Waals surface area contributed by atoms with Gasteiger partial charge in [-0.05, 0) is 24.0 Å². The molecule has 0 bridgehead atoms. The number of Topliss-reactive ketones (excluding diaryl/α,β-unsaturated/α-hetero) is 1. The van der Waals surface area contributed by atoms with Gasteiger partial charge < -0.3 is 9.47 Å². The van der Waals surface area contributed by atoms with Crippen molar-refractivity contribution < 1.29 is 14.3 Å². The molecule has 0 N–H and O–H groups in total. The Balaban J connectivity index is 2.51. The van der Waals surface area contributed by atoms with Gasteiger partial charge in [0, 0.05) is 12.7 Å². The normalized spacial score (nSPS) is 10.9. The molecule has 0 atom stereocenters. The van der Waals surface area contributed by atoms with Crippen molar-refractivity contribution in [2.75, 3.05) is 26.9 Å². The van der Waals surface area contributed by atoms with Crippen molar-refractivity contribution >= 4 is 5.78 Å². The summed E-state index contributed by atoms with van der Waals surface area (Å²) in [5.41, 5.74) is 1.93. The molecule has 0 saturated heterocycles. The highest BCUT2D eigenvalue weighted by Gasteiger charge is 2.07. The van der Waals surface area contributed by atoms with E-state index < -0.39 is 0 Å². The first-order chi connectivity index (χ1) is 8.63. The molecule has 3 heteroatoms. The van der Waals surface area contributed by atoms with Crippen molar-refractivity contribution in [1.82, 2.24) is 0 Å². The van der Waals surface area contributed by atoms with Gasteiger partial charge in [0.15, 0.2) is 5.78 Å². The Morgan fingerprint density at radius 1 is 1.28 bits per heavy atom. The van der Waals surface area contributed by atoms with Crippen LogP contribution in [0, 0.1) is 5.92 Å². The summed E-state index contributed by atoms with van der Waals surface area (Å²) in [4.78, 5) is 11.9. The Hall–Kier alpha value is -1.19. The largest absolute Gasteiger partial charge is 0.382 e. The highest BCUT2D eigenvalue weighted by atomic mass is 16.5. The molecule has 0 unspecified atom stereocenters. The van der Waals surface area contributed by atoms with E-state index in [9.17, 15) is 4.79 Å². The molecule has 1 aromatic carbocycles. The summed E-state index contributed by atoms with van der Waals surface area (Å²) in [5.74, 6) is 0.616. The Morgan fingerprint density at radius 3 is 2.72 bits per heavy atom. The van der Waals surface area contributed by atoms with Gasteiger partial charge in [0.2, 0.25) is 0 Å². The molecule has 0 heterocycles. The zero-order valence-electron chi connectivity index (χ0n) is 11.4. The van der Waals surface area contributed by atoms with E-state index in [-0.39, 0.29) is 12.4 Å². The van der Waals surface area contributed by atoms with E-state index in [0.29, 0.717) is 19.1 Å². The second-order valence-corrected chi connectivity index (χ2v) is 4.77. The molecule has 3 nitrogen and oxygen atoms in total. The van der Waals surface area contributed by atoms with E-state index in [1.54, 1.807) is 7.11 Å². The fraction of sp³-hybridized carbons (Fsp3) is 0.533.